The lowest BCUT2D eigenvalue weighted by Crippen LogP contribution is -2.42. The van der Waals surface area contributed by atoms with E-state index in [9.17, 15) is 9.59 Å². The van der Waals surface area contributed by atoms with Crippen molar-refractivity contribution < 1.29 is 19.1 Å². The largest absolute Gasteiger partial charge is 0.493 e. The average molecular weight is 434 g/mol. The highest BCUT2D eigenvalue weighted by atomic mass is 16.5. The van der Waals surface area contributed by atoms with E-state index in [-0.39, 0.29) is 29.0 Å². The molecule has 5 heteroatoms. The predicted octanol–water partition coefficient (Wildman–Crippen LogP) is 4.68. The Morgan fingerprint density at radius 2 is 1.53 bits per heavy atom. The molecule has 1 aliphatic heterocycles. The number of hydrogen-bond acceptors (Lipinski definition) is 5. The van der Waals surface area contributed by atoms with Gasteiger partial charge in [-0.25, -0.2) is 0 Å². The Bertz CT molecular complexity index is 1050. The fourth-order valence-electron chi connectivity index (χ4n) is 5.32. The molecule has 32 heavy (non-hydrogen) atoms. The van der Waals surface area contributed by atoms with E-state index in [1.165, 1.54) is 0 Å². The van der Waals surface area contributed by atoms with Gasteiger partial charge >= 0.3 is 0 Å². The maximum atomic E-state index is 13.4. The molecule has 5 nitrogen and oxygen atoms in total. The first-order chi connectivity index (χ1) is 15.0. The number of carbonyl (C=O) groups is 2. The lowest BCUT2D eigenvalue weighted by atomic mass is 9.64. The van der Waals surface area contributed by atoms with Crippen LogP contribution in [0.25, 0.3) is 0 Å². The topological polar surface area (TPSA) is 64.6 Å². The molecule has 1 N–H and O–H groups in total. The predicted molar refractivity (Wildman–Crippen MR) is 123 cm³/mol. The van der Waals surface area contributed by atoms with Gasteiger partial charge in [-0.15, -0.1) is 6.42 Å². The molecule has 168 valence electrons. The maximum Gasteiger partial charge on any atom is 0.162 e. The van der Waals surface area contributed by atoms with Crippen LogP contribution >= 0.6 is 0 Å². The molecule has 1 aromatic rings. The van der Waals surface area contributed by atoms with Crippen molar-refractivity contribution in [1.29, 1.82) is 0 Å². The standard InChI is InChI=1S/C27H31NO4/c1-7-10-32-21-9-8-16(11-22(21)31-6)23-24-17(12-26(2,3)14-19(24)29)28-18-13-27(4,5)15-20(30)25(18)23/h1,8-9,11,23,28H,10,12-15H2,2-6H3. The number of nitrogens with one attached hydrogen (secondary N) is 1. The number of dihydropyridines is 1. The number of benzene rings is 1. The van der Waals surface area contributed by atoms with Crippen LogP contribution in [0.3, 0.4) is 0 Å². The Labute approximate surface area is 190 Å². The molecule has 1 heterocycles. The summed E-state index contributed by atoms with van der Waals surface area (Å²) in [5.74, 6) is 3.34. The van der Waals surface area contributed by atoms with Crippen LogP contribution in [0.1, 0.15) is 64.9 Å². The van der Waals surface area contributed by atoms with Crippen molar-refractivity contribution in [1.82, 2.24) is 5.32 Å². The molecule has 0 saturated carbocycles. The highest BCUT2D eigenvalue weighted by molar-refractivity contribution is 6.06. The lowest BCUT2D eigenvalue weighted by Gasteiger charge is -2.44. The third-order valence-electron chi connectivity index (χ3n) is 6.55. The average Bonchev–Trinajstić information content (AvgIpc) is 2.68. The molecule has 2 aliphatic carbocycles. The zero-order valence-electron chi connectivity index (χ0n) is 19.6. The van der Waals surface area contributed by atoms with E-state index in [0.29, 0.717) is 24.3 Å². The van der Waals surface area contributed by atoms with Crippen molar-refractivity contribution in [2.24, 2.45) is 10.8 Å². The molecule has 1 aromatic carbocycles. The van der Waals surface area contributed by atoms with Crippen LogP contribution in [0.15, 0.2) is 40.7 Å². The van der Waals surface area contributed by atoms with Gasteiger partial charge in [0.15, 0.2) is 23.1 Å². The van der Waals surface area contributed by atoms with Gasteiger partial charge in [0.25, 0.3) is 0 Å². The van der Waals surface area contributed by atoms with Crippen LogP contribution in [0.4, 0.5) is 0 Å². The summed E-state index contributed by atoms with van der Waals surface area (Å²) in [6, 6.07) is 5.60. The summed E-state index contributed by atoms with van der Waals surface area (Å²) >= 11 is 0. The van der Waals surface area contributed by atoms with Gasteiger partial charge < -0.3 is 14.8 Å². The molecule has 0 unspecified atom stereocenters. The summed E-state index contributed by atoms with van der Waals surface area (Å²) in [7, 11) is 1.57. The van der Waals surface area contributed by atoms with E-state index in [1.807, 2.05) is 18.2 Å². The molecule has 0 saturated heterocycles. The Morgan fingerprint density at radius 1 is 0.969 bits per heavy atom. The summed E-state index contributed by atoms with van der Waals surface area (Å²) in [4.78, 5) is 26.8. The monoisotopic (exact) mass is 433 g/mol. The van der Waals surface area contributed by atoms with Gasteiger partial charge in [0.2, 0.25) is 0 Å². The third kappa shape index (κ3) is 3.95. The number of rotatable bonds is 4. The van der Waals surface area contributed by atoms with Crippen molar-refractivity contribution in [2.45, 2.75) is 59.3 Å². The van der Waals surface area contributed by atoms with Gasteiger partial charge in [-0.05, 0) is 41.4 Å². The van der Waals surface area contributed by atoms with Crippen LogP contribution in [0, 0.1) is 23.2 Å². The van der Waals surface area contributed by atoms with E-state index in [1.54, 1.807) is 7.11 Å². The van der Waals surface area contributed by atoms with Crippen molar-refractivity contribution in [2.75, 3.05) is 13.7 Å². The van der Waals surface area contributed by atoms with Gasteiger partial charge in [-0.2, -0.15) is 0 Å². The van der Waals surface area contributed by atoms with Gasteiger partial charge in [-0.3, -0.25) is 9.59 Å². The van der Waals surface area contributed by atoms with Gasteiger partial charge in [0.05, 0.1) is 7.11 Å². The van der Waals surface area contributed by atoms with Gasteiger partial charge in [-0.1, -0.05) is 39.7 Å². The second-order valence-corrected chi connectivity index (χ2v) is 10.6. The minimum absolute atomic E-state index is 0.101. The molecule has 4 rings (SSSR count). The Morgan fingerprint density at radius 3 is 2.03 bits per heavy atom. The van der Waals surface area contributed by atoms with E-state index in [0.717, 1.165) is 40.9 Å². The normalized spacial score (nSPS) is 22.0. The number of hydrogen-bond donors (Lipinski definition) is 1. The molecule has 0 spiro atoms. The molecular weight excluding hydrogens is 402 g/mol. The summed E-state index contributed by atoms with van der Waals surface area (Å²) in [6.45, 7) is 8.60. The fourth-order valence-corrected chi connectivity index (χ4v) is 5.32. The van der Waals surface area contributed by atoms with Crippen LogP contribution in [-0.4, -0.2) is 25.3 Å². The minimum Gasteiger partial charge on any atom is -0.493 e. The first-order valence-corrected chi connectivity index (χ1v) is 11.1. The van der Waals surface area contributed by atoms with Crippen LogP contribution < -0.4 is 14.8 Å². The van der Waals surface area contributed by atoms with E-state index >= 15 is 0 Å². The SMILES string of the molecule is C#CCOc1ccc(C2C3=C(CC(C)(C)CC3=O)NC3=C2C(=O)CC(C)(C)C3)cc1OC. The molecule has 0 radical (unpaired) electrons. The summed E-state index contributed by atoms with van der Waals surface area (Å²) in [5.41, 5.74) is 3.96. The minimum atomic E-state index is -0.399. The fraction of sp³-hybridized carbons (Fsp3) is 0.481. The first kappa shape index (κ1) is 22.2. The van der Waals surface area contributed by atoms with Crippen molar-refractivity contribution >= 4 is 11.6 Å². The smallest absolute Gasteiger partial charge is 0.162 e. The molecule has 0 atom stereocenters. The maximum absolute atomic E-state index is 13.4. The quantitative estimate of drug-likeness (QED) is 0.699. The second-order valence-electron chi connectivity index (χ2n) is 10.6. The highest BCUT2D eigenvalue weighted by Gasteiger charge is 2.46. The molecule has 0 amide bonds. The van der Waals surface area contributed by atoms with Crippen molar-refractivity contribution in [3.05, 3.63) is 46.3 Å². The number of methoxy groups -OCH3 is 1. The molecular formula is C27H31NO4. The van der Waals surface area contributed by atoms with E-state index in [2.05, 4.69) is 38.9 Å². The molecule has 3 aliphatic rings. The lowest BCUT2D eigenvalue weighted by molar-refractivity contribution is -0.119. The molecule has 0 aromatic heterocycles. The zero-order chi connectivity index (χ0) is 23.3. The summed E-state index contributed by atoms with van der Waals surface area (Å²) < 4.78 is 11.2. The van der Waals surface area contributed by atoms with Gasteiger partial charge in [0, 0.05) is 41.3 Å². The number of terminal acetylenes is 1. The Balaban J connectivity index is 1.88. The first-order valence-electron chi connectivity index (χ1n) is 11.1. The Kier molecular flexibility index (Phi) is 5.45. The van der Waals surface area contributed by atoms with Crippen LogP contribution in [0.5, 0.6) is 11.5 Å². The number of ketones is 2. The van der Waals surface area contributed by atoms with E-state index < -0.39 is 5.92 Å². The van der Waals surface area contributed by atoms with Crippen LogP contribution in [0.2, 0.25) is 0 Å². The molecule has 0 fully saturated rings. The van der Waals surface area contributed by atoms with E-state index in [4.69, 9.17) is 15.9 Å². The van der Waals surface area contributed by atoms with Gasteiger partial charge in [0.1, 0.15) is 6.61 Å². The zero-order valence-corrected chi connectivity index (χ0v) is 19.6. The van der Waals surface area contributed by atoms with Crippen molar-refractivity contribution in [3.63, 3.8) is 0 Å². The second kappa shape index (κ2) is 7.85. The number of ether oxygens (including phenoxy) is 2. The van der Waals surface area contributed by atoms with Crippen molar-refractivity contribution in [3.8, 4) is 23.8 Å². The summed E-state index contributed by atoms with van der Waals surface area (Å²) in [5, 5.41) is 3.54. The highest BCUT2D eigenvalue weighted by Crippen LogP contribution is 2.51. The Hall–Kier alpha value is -3.00. The number of carbonyl (C=O) groups excluding carboxylic acids is 2. The number of Topliss-reactive ketones (excluding diaryl/α,β-unsaturated/α-hetero) is 2. The summed E-state index contributed by atoms with van der Waals surface area (Å²) in [6.07, 6.45) is 7.80. The third-order valence-corrected chi connectivity index (χ3v) is 6.55. The van der Waals surface area contributed by atoms with Crippen LogP contribution in [-0.2, 0) is 9.59 Å². The molecule has 0 bridgehead atoms. The number of allylic oxidation sites excluding steroid dienone is 4.